The Labute approximate surface area is 348 Å². The van der Waals surface area contributed by atoms with Crippen LogP contribution in [0.4, 0.5) is 0 Å². The maximum Gasteiger partial charge on any atom is 0.306 e. The topological polar surface area (TPSA) is 111 Å². The van der Waals surface area contributed by atoms with Gasteiger partial charge in [0.05, 0.1) is 40.3 Å². The summed E-state index contributed by atoms with van der Waals surface area (Å²) in [7, 11) is 5.89. The first-order valence-corrected chi connectivity index (χ1v) is 22.4. The van der Waals surface area contributed by atoms with E-state index in [0.717, 1.165) is 89.9 Å². The van der Waals surface area contributed by atoms with Gasteiger partial charge in [0.15, 0.2) is 12.4 Å². The van der Waals surface area contributed by atoms with Crippen molar-refractivity contribution in [2.75, 3.05) is 47.5 Å². The van der Waals surface area contributed by atoms with Crippen molar-refractivity contribution < 1.29 is 42.9 Å². The van der Waals surface area contributed by atoms with Crippen LogP contribution in [0.25, 0.3) is 0 Å². The van der Waals surface area contributed by atoms with Crippen molar-refractivity contribution >= 4 is 17.9 Å². The fourth-order valence-corrected chi connectivity index (χ4v) is 5.75. The monoisotopic (exact) mass is 802 g/mol. The highest BCUT2D eigenvalue weighted by Gasteiger charge is 2.21. The Kier molecular flexibility index (Phi) is 37.7. The first-order chi connectivity index (χ1) is 27.6. The number of esters is 2. The fourth-order valence-electron chi connectivity index (χ4n) is 5.75. The molecule has 0 aromatic carbocycles. The average Bonchev–Trinajstić information content (AvgIpc) is 3.17. The summed E-state index contributed by atoms with van der Waals surface area (Å²) in [5.41, 5.74) is 0. The number of aliphatic carboxylic acids is 1. The molecule has 0 radical (unpaired) electrons. The maximum absolute atomic E-state index is 12.7. The zero-order valence-electron chi connectivity index (χ0n) is 36.9. The molecule has 0 N–H and O–H groups in total. The number of unbranched alkanes of at least 4 members (excludes halogenated alkanes) is 15. The number of allylic oxidation sites excluding steroid dienone is 10. The lowest BCUT2D eigenvalue weighted by Crippen LogP contribution is -2.44. The summed E-state index contributed by atoms with van der Waals surface area (Å²) < 4.78 is 22.5. The van der Waals surface area contributed by atoms with Crippen LogP contribution in [0, 0.1) is 0 Å². The summed E-state index contributed by atoms with van der Waals surface area (Å²) in [6, 6.07) is 0. The SMILES string of the molecule is CC/C=C\C/C=C\C/C=C\CCCCCCCC(=O)OC(COC(=O)CCCCCCCCC/C=C\C/C=C\CCCCC)COC(OCC[N+](C)(C)C)C(=O)[O-]. The molecule has 0 fully saturated rings. The number of rotatable bonds is 40. The number of quaternary nitrogens is 1. The smallest absolute Gasteiger partial charge is 0.306 e. The molecule has 328 valence electrons. The number of nitrogens with zero attached hydrogens (tertiary/aromatic N) is 1. The summed E-state index contributed by atoms with van der Waals surface area (Å²) >= 11 is 0. The first-order valence-electron chi connectivity index (χ1n) is 22.4. The first kappa shape index (κ1) is 54.0. The number of hydrogen-bond acceptors (Lipinski definition) is 8. The molecule has 0 rings (SSSR count). The molecule has 0 aliphatic carbocycles. The van der Waals surface area contributed by atoms with E-state index in [2.05, 4.69) is 74.6 Å². The molecule has 0 aliphatic rings. The van der Waals surface area contributed by atoms with Gasteiger partial charge in [0.25, 0.3) is 0 Å². The van der Waals surface area contributed by atoms with E-state index in [9.17, 15) is 19.5 Å². The average molecular weight is 802 g/mol. The van der Waals surface area contributed by atoms with Gasteiger partial charge in [-0.15, -0.1) is 0 Å². The van der Waals surface area contributed by atoms with Crippen molar-refractivity contribution in [2.45, 2.75) is 180 Å². The normalized spacial score (nSPS) is 13.5. The van der Waals surface area contributed by atoms with Gasteiger partial charge in [-0.2, -0.15) is 0 Å². The molecule has 2 atom stereocenters. The Morgan fingerprint density at radius 3 is 1.49 bits per heavy atom. The van der Waals surface area contributed by atoms with Gasteiger partial charge in [0.2, 0.25) is 0 Å². The van der Waals surface area contributed by atoms with Crippen LogP contribution >= 0.6 is 0 Å². The van der Waals surface area contributed by atoms with Gasteiger partial charge < -0.3 is 33.3 Å². The number of carbonyl (C=O) groups excluding carboxylic acids is 3. The quantitative estimate of drug-likeness (QED) is 0.0198. The van der Waals surface area contributed by atoms with Gasteiger partial charge in [-0.05, 0) is 77.0 Å². The summed E-state index contributed by atoms with van der Waals surface area (Å²) in [4.78, 5) is 37.0. The number of hydrogen-bond donors (Lipinski definition) is 0. The molecule has 0 amide bonds. The minimum Gasteiger partial charge on any atom is -0.545 e. The molecule has 0 saturated carbocycles. The molecule has 0 aromatic heterocycles. The predicted octanol–water partition coefficient (Wildman–Crippen LogP) is 10.4. The Morgan fingerprint density at radius 2 is 1.00 bits per heavy atom. The van der Waals surface area contributed by atoms with Crippen LogP contribution in [0.2, 0.25) is 0 Å². The molecule has 57 heavy (non-hydrogen) atoms. The van der Waals surface area contributed by atoms with Crippen LogP contribution in [0.15, 0.2) is 60.8 Å². The standard InChI is InChI=1S/C48H83NO8/c1-6-8-10-12-14-16-18-20-22-23-25-26-28-30-32-34-36-38-45(50)55-42-44(43-56-48(47(52)53)54-41-40-49(3,4)5)57-46(51)39-37-35-33-31-29-27-24-21-19-17-15-13-11-9-7-2/h9,11,14-17,20-22,24,44,48H,6-8,10,12-13,18-19,23,25-43H2,1-5H3/b11-9-,16-14-,17-15-,22-20-,24-21-. The summed E-state index contributed by atoms with van der Waals surface area (Å²) in [6.07, 6.45) is 43.9. The second-order valence-corrected chi connectivity index (χ2v) is 16.0. The Balaban J connectivity index is 4.48. The van der Waals surface area contributed by atoms with E-state index in [1.165, 1.54) is 44.9 Å². The summed E-state index contributed by atoms with van der Waals surface area (Å²) in [5, 5.41) is 11.7. The van der Waals surface area contributed by atoms with Gasteiger partial charge >= 0.3 is 11.9 Å². The summed E-state index contributed by atoms with van der Waals surface area (Å²) in [5.74, 6) is -2.33. The number of likely N-dealkylation sites (N-methyl/N-ethyl adjacent to an activating group) is 1. The van der Waals surface area contributed by atoms with Crippen LogP contribution in [-0.4, -0.2) is 82.3 Å². The van der Waals surface area contributed by atoms with E-state index in [1.54, 1.807) is 0 Å². The molecule has 9 heteroatoms. The zero-order chi connectivity index (χ0) is 42.1. The largest absolute Gasteiger partial charge is 0.545 e. The summed E-state index contributed by atoms with van der Waals surface area (Å²) in [6.45, 7) is 4.56. The molecular weight excluding hydrogens is 719 g/mol. The van der Waals surface area contributed by atoms with Crippen LogP contribution in [0.1, 0.15) is 168 Å². The zero-order valence-corrected chi connectivity index (χ0v) is 36.9. The lowest BCUT2D eigenvalue weighted by Gasteiger charge is -2.26. The van der Waals surface area contributed by atoms with Crippen LogP contribution in [-0.2, 0) is 33.3 Å². The molecule has 9 nitrogen and oxygen atoms in total. The third-order valence-electron chi connectivity index (χ3n) is 9.25. The van der Waals surface area contributed by atoms with Crippen molar-refractivity contribution in [3.05, 3.63) is 60.8 Å². The lowest BCUT2D eigenvalue weighted by molar-refractivity contribution is -0.870. The molecular formula is C48H83NO8. The highest BCUT2D eigenvalue weighted by molar-refractivity contribution is 5.70. The third kappa shape index (κ3) is 41.0. The van der Waals surface area contributed by atoms with E-state index >= 15 is 0 Å². The number of carboxylic acids is 1. The van der Waals surface area contributed by atoms with Crippen molar-refractivity contribution in [1.82, 2.24) is 0 Å². The predicted molar refractivity (Wildman–Crippen MR) is 232 cm³/mol. The van der Waals surface area contributed by atoms with Crippen molar-refractivity contribution in [3.8, 4) is 0 Å². The van der Waals surface area contributed by atoms with E-state index in [4.69, 9.17) is 18.9 Å². The second-order valence-electron chi connectivity index (χ2n) is 16.0. The van der Waals surface area contributed by atoms with Gasteiger partial charge in [0.1, 0.15) is 13.2 Å². The lowest BCUT2D eigenvalue weighted by atomic mass is 10.1. The van der Waals surface area contributed by atoms with Crippen molar-refractivity contribution in [2.24, 2.45) is 0 Å². The van der Waals surface area contributed by atoms with Crippen molar-refractivity contribution in [1.29, 1.82) is 0 Å². The van der Waals surface area contributed by atoms with Crippen LogP contribution in [0.3, 0.4) is 0 Å². The minimum absolute atomic E-state index is 0.140. The highest BCUT2D eigenvalue weighted by atomic mass is 16.7. The van der Waals surface area contributed by atoms with Gasteiger partial charge in [-0.3, -0.25) is 9.59 Å². The van der Waals surface area contributed by atoms with Gasteiger partial charge in [-0.1, -0.05) is 139 Å². The second kappa shape index (κ2) is 39.8. The molecule has 0 heterocycles. The Bertz CT molecular complexity index is 1120. The molecule has 2 unspecified atom stereocenters. The Hall–Kier alpha value is -3.01. The van der Waals surface area contributed by atoms with Gasteiger partial charge in [0, 0.05) is 12.8 Å². The molecule has 0 aliphatic heterocycles. The van der Waals surface area contributed by atoms with Crippen LogP contribution in [0.5, 0.6) is 0 Å². The number of carboxylic acid groups (broad SMARTS) is 1. The molecule has 0 bridgehead atoms. The van der Waals surface area contributed by atoms with E-state index < -0.39 is 24.3 Å². The number of carbonyl (C=O) groups is 3. The van der Waals surface area contributed by atoms with E-state index in [-0.39, 0.29) is 38.6 Å². The minimum atomic E-state index is -1.63. The van der Waals surface area contributed by atoms with Gasteiger partial charge in [-0.25, -0.2) is 0 Å². The molecule has 0 spiro atoms. The fraction of sp³-hybridized carbons (Fsp3) is 0.729. The van der Waals surface area contributed by atoms with Crippen molar-refractivity contribution in [3.63, 3.8) is 0 Å². The Morgan fingerprint density at radius 1 is 0.544 bits per heavy atom. The molecule has 0 saturated heterocycles. The highest BCUT2D eigenvalue weighted by Crippen LogP contribution is 2.13. The van der Waals surface area contributed by atoms with E-state index in [1.807, 2.05) is 21.1 Å². The third-order valence-corrected chi connectivity index (χ3v) is 9.25. The molecule has 0 aromatic rings. The number of ether oxygens (including phenoxy) is 4. The van der Waals surface area contributed by atoms with E-state index in [0.29, 0.717) is 17.4 Å². The van der Waals surface area contributed by atoms with Crippen LogP contribution < -0.4 is 5.11 Å². The maximum atomic E-state index is 12.7.